The highest BCUT2D eigenvalue weighted by Crippen LogP contribution is 2.19. The number of esters is 1. The summed E-state index contributed by atoms with van der Waals surface area (Å²) in [7, 11) is 1.14. The smallest absolute Gasteiger partial charge is 0.328 e. The second-order valence-electron chi connectivity index (χ2n) is 3.46. The molecule has 98 valence electrons. The molecule has 1 atom stereocenters. The molecular weight excluding hydrogens is 312 g/mol. The number of nitrogens with one attached hydrogen (secondary N) is 1. The zero-order valence-electron chi connectivity index (χ0n) is 9.59. The number of hydrogen-bond acceptors (Lipinski definition) is 3. The van der Waals surface area contributed by atoms with Crippen molar-refractivity contribution in [3.05, 3.63) is 33.8 Å². The van der Waals surface area contributed by atoms with Crippen LogP contribution in [0.25, 0.3) is 0 Å². The molecule has 1 aromatic carbocycles. The molecular formula is C11H10BrF2NO3. The summed E-state index contributed by atoms with van der Waals surface area (Å²) in [5, 5.41) is 2.14. The van der Waals surface area contributed by atoms with Crippen LogP contribution in [0.1, 0.15) is 17.3 Å². The number of carbonyl (C=O) groups excluding carboxylic acids is 2. The Hall–Kier alpha value is -1.50. The number of halogens is 3. The molecule has 0 aliphatic rings. The molecule has 0 saturated heterocycles. The van der Waals surface area contributed by atoms with Crippen LogP contribution in [0.2, 0.25) is 0 Å². The van der Waals surface area contributed by atoms with Gasteiger partial charge in [-0.1, -0.05) is 15.9 Å². The normalized spacial score (nSPS) is 11.8. The predicted octanol–water partition coefficient (Wildman–Crippen LogP) is 2.02. The fraction of sp³-hybridized carbons (Fsp3) is 0.273. The molecule has 1 aromatic rings. The SMILES string of the molecule is COC(=O)C(C)NC(=O)c1c(F)cc(Br)cc1F. The van der Waals surface area contributed by atoms with Crippen molar-refractivity contribution in [1.29, 1.82) is 0 Å². The molecule has 1 unspecified atom stereocenters. The molecule has 0 heterocycles. The van der Waals surface area contributed by atoms with E-state index in [1.807, 2.05) is 0 Å². The number of amides is 1. The third kappa shape index (κ3) is 3.25. The summed E-state index contributed by atoms with van der Waals surface area (Å²) in [5.41, 5.74) is -0.742. The number of ether oxygens (including phenoxy) is 1. The molecule has 0 bridgehead atoms. The summed E-state index contributed by atoms with van der Waals surface area (Å²) in [6.45, 7) is 1.35. The van der Waals surface area contributed by atoms with E-state index < -0.39 is 35.1 Å². The van der Waals surface area contributed by atoms with E-state index in [2.05, 4.69) is 26.0 Å². The Kier molecular flexibility index (Phi) is 4.77. The van der Waals surface area contributed by atoms with Gasteiger partial charge in [0.1, 0.15) is 23.2 Å². The summed E-state index contributed by atoms with van der Waals surface area (Å²) >= 11 is 2.90. The summed E-state index contributed by atoms with van der Waals surface area (Å²) in [4.78, 5) is 22.7. The maximum absolute atomic E-state index is 13.4. The fourth-order valence-electron chi connectivity index (χ4n) is 1.26. The van der Waals surface area contributed by atoms with Gasteiger partial charge in [-0.15, -0.1) is 0 Å². The standard InChI is InChI=1S/C11H10BrF2NO3/c1-5(11(17)18-2)15-10(16)9-7(13)3-6(12)4-8(9)14/h3-5H,1-2H3,(H,15,16). The molecule has 1 amide bonds. The molecule has 0 radical (unpaired) electrons. The lowest BCUT2D eigenvalue weighted by Gasteiger charge is -2.12. The molecule has 18 heavy (non-hydrogen) atoms. The van der Waals surface area contributed by atoms with Gasteiger partial charge in [-0.05, 0) is 19.1 Å². The van der Waals surface area contributed by atoms with Crippen LogP contribution in [-0.2, 0) is 9.53 Å². The maximum atomic E-state index is 13.4. The van der Waals surface area contributed by atoms with Gasteiger partial charge in [0.25, 0.3) is 5.91 Å². The summed E-state index contributed by atoms with van der Waals surface area (Å²) in [6, 6.07) is 0.923. The first kappa shape index (κ1) is 14.6. The Labute approximate surface area is 110 Å². The number of hydrogen-bond donors (Lipinski definition) is 1. The Morgan fingerprint density at radius 2 is 1.83 bits per heavy atom. The molecule has 0 spiro atoms. The number of rotatable bonds is 3. The number of benzene rings is 1. The molecule has 0 aromatic heterocycles. The van der Waals surface area contributed by atoms with Crippen molar-refractivity contribution < 1.29 is 23.1 Å². The topological polar surface area (TPSA) is 55.4 Å². The van der Waals surface area contributed by atoms with Gasteiger partial charge in [0.05, 0.1) is 7.11 Å². The monoisotopic (exact) mass is 321 g/mol. The highest BCUT2D eigenvalue weighted by Gasteiger charge is 2.22. The van der Waals surface area contributed by atoms with Crippen LogP contribution >= 0.6 is 15.9 Å². The van der Waals surface area contributed by atoms with Gasteiger partial charge in [-0.2, -0.15) is 0 Å². The summed E-state index contributed by atoms with van der Waals surface area (Å²) in [5.74, 6) is -3.76. The molecule has 0 fully saturated rings. The lowest BCUT2D eigenvalue weighted by Crippen LogP contribution is -2.39. The van der Waals surface area contributed by atoms with E-state index in [0.29, 0.717) is 0 Å². The average molecular weight is 322 g/mol. The molecule has 7 heteroatoms. The predicted molar refractivity (Wildman–Crippen MR) is 63.0 cm³/mol. The van der Waals surface area contributed by atoms with E-state index >= 15 is 0 Å². The van der Waals surface area contributed by atoms with Crippen molar-refractivity contribution in [2.24, 2.45) is 0 Å². The Bertz CT molecular complexity index is 470. The van der Waals surface area contributed by atoms with Crippen LogP contribution in [0.3, 0.4) is 0 Å². The molecule has 0 saturated carbocycles. The first-order chi connectivity index (χ1) is 8.36. The first-order valence-electron chi connectivity index (χ1n) is 4.90. The van der Waals surface area contributed by atoms with Crippen LogP contribution in [0.15, 0.2) is 16.6 Å². The second kappa shape index (κ2) is 5.90. The van der Waals surface area contributed by atoms with Gasteiger partial charge in [-0.25, -0.2) is 13.6 Å². The van der Waals surface area contributed by atoms with Crippen LogP contribution in [0.5, 0.6) is 0 Å². The van der Waals surface area contributed by atoms with E-state index in [1.165, 1.54) is 6.92 Å². The molecule has 0 aliphatic heterocycles. The third-order valence-corrected chi connectivity index (χ3v) is 2.59. The minimum atomic E-state index is -1.02. The maximum Gasteiger partial charge on any atom is 0.328 e. The van der Waals surface area contributed by atoms with E-state index in [1.54, 1.807) is 0 Å². The zero-order valence-corrected chi connectivity index (χ0v) is 11.2. The van der Waals surface area contributed by atoms with Gasteiger partial charge in [0.2, 0.25) is 0 Å². The largest absolute Gasteiger partial charge is 0.467 e. The number of carbonyl (C=O) groups is 2. The molecule has 0 aliphatic carbocycles. The van der Waals surface area contributed by atoms with Gasteiger partial charge in [0, 0.05) is 4.47 Å². The first-order valence-corrected chi connectivity index (χ1v) is 5.69. The highest BCUT2D eigenvalue weighted by atomic mass is 79.9. The van der Waals surface area contributed by atoms with Crippen molar-refractivity contribution in [3.63, 3.8) is 0 Å². The summed E-state index contributed by atoms with van der Waals surface area (Å²) < 4.78 is 31.5. The Morgan fingerprint density at radius 1 is 1.33 bits per heavy atom. The van der Waals surface area contributed by atoms with Gasteiger partial charge >= 0.3 is 5.97 Å². The van der Waals surface area contributed by atoms with Crippen molar-refractivity contribution in [1.82, 2.24) is 5.32 Å². The van der Waals surface area contributed by atoms with Gasteiger partial charge < -0.3 is 10.1 Å². The summed E-state index contributed by atoms with van der Waals surface area (Å²) in [6.07, 6.45) is 0. The van der Waals surface area contributed by atoms with E-state index in [9.17, 15) is 18.4 Å². The van der Waals surface area contributed by atoms with Gasteiger partial charge in [0.15, 0.2) is 0 Å². The molecule has 1 rings (SSSR count). The van der Waals surface area contributed by atoms with Crippen molar-refractivity contribution in [2.45, 2.75) is 13.0 Å². The van der Waals surface area contributed by atoms with Crippen molar-refractivity contribution >= 4 is 27.8 Å². The van der Waals surface area contributed by atoms with Gasteiger partial charge in [-0.3, -0.25) is 4.79 Å². The minimum absolute atomic E-state index is 0.176. The van der Waals surface area contributed by atoms with Crippen molar-refractivity contribution in [2.75, 3.05) is 7.11 Å². The second-order valence-corrected chi connectivity index (χ2v) is 4.38. The zero-order chi connectivity index (χ0) is 13.9. The van der Waals surface area contributed by atoms with Crippen LogP contribution in [-0.4, -0.2) is 25.0 Å². The quantitative estimate of drug-likeness (QED) is 0.866. The lowest BCUT2D eigenvalue weighted by molar-refractivity contribution is -0.142. The average Bonchev–Trinajstić information content (AvgIpc) is 2.26. The molecule has 4 nitrogen and oxygen atoms in total. The number of methoxy groups -OCH3 is 1. The lowest BCUT2D eigenvalue weighted by atomic mass is 10.1. The van der Waals surface area contributed by atoms with Crippen LogP contribution in [0.4, 0.5) is 8.78 Å². The van der Waals surface area contributed by atoms with E-state index in [0.717, 1.165) is 19.2 Å². The van der Waals surface area contributed by atoms with Crippen LogP contribution in [0, 0.1) is 11.6 Å². The van der Waals surface area contributed by atoms with E-state index in [-0.39, 0.29) is 4.47 Å². The Morgan fingerprint density at radius 3 is 2.28 bits per heavy atom. The third-order valence-electron chi connectivity index (χ3n) is 2.14. The van der Waals surface area contributed by atoms with E-state index in [4.69, 9.17) is 0 Å². The highest BCUT2D eigenvalue weighted by molar-refractivity contribution is 9.10. The molecule has 1 N–H and O–H groups in total. The fourth-order valence-corrected chi connectivity index (χ4v) is 1.67. The van der Waals surface area contributed by atoms with Crippen molar-refractivity contribution in [3.8, 4) is 0 Å². The van der Waals surface area contributed by atoms with Crippen LogP contribution < -0.4 is 5.32 Å². The minimum Gasteiger partial charge on any atom is -0.467 e. The Balaban J connectivity index is 2.95.